The molecule has 0 aliphatic carbocycles. The molecule has 0 spiro atoms. The van der Waals surface area contributed by atoms with Crippen LogP contribution >= 0.6 is 0 Å². The van der Waals surface area contributed by atoms with Crippen molar-refractivity contribution < 1.29 is 14.3 Å². The van der Waals surface area contributed by atoms with Crippen LogP contribution in [0.3, 0.4) is 0 Å². The summed E-state index contributed by atoms with van der Waals surface area (Å²) in [6.07, 6.45) is 0.211. The number of benzene rings is 1. The zero-order valence-electron chi connectivity index (χ0n) is 15.8. The number of nitrogens with one attached hydrogen (secondary N) is 1. The summed E-state index contributed by atoms with van der Waals surface area (Å²) < 4.78 is 5.72. The molecular weight excluding hydrogens is 318 g/mol. The van der Waals surface area contributed by atoms with Crippen molar-refractivity contribution in [1.82, 2.24) is 9.80 Å². The molecule has 1 fully saturated rings. The Labute approximate surface area is 150 Å². The van der Waals surface area contributed by atoms with E-state index in [1.165, 1.54) is 4.90 Å². The second-order valence-electron chi connectivity index (χ2n) is 7.00. The van der Waals surface area contributed by atoms with Crippen LogP contribution in [-0.4, -0.2) is 66.5 Å². The van der Waals surface area contributed by atoms with Gasteiger partial charge < -0.3 is 15.0 Å². The van der Waals surface area contributed by atoms with Crippen molar-refractivity contribution >= 4 is 17.5 Å². The van der Waals surface area contributed by atoms with E-state index in [1.807, 2.05) is 52.0 Å². The van der Waals surface area contributed by atoms with Crippen LogP contribution in [0.1, 0.15) is 26.3 Å². The molecule has 0 bridgehead atoms. The average Bonchev–Trinajstić information content (AvgIpc) is 2.54. The number of morpholine rings is 1. The number of rotatable bonds is 5. The van der Waals surface area contributed by atoms with Gasteiger partial charge in [0, 0.05) is 25.8 Å². The number of likely N-dealkylation sites (N-methyl/N-ethyl adjacent to an activating group) is 1. The van der Waals surface area contributed by atoms with Crippen LogP contribution in [0.4, 0.5) is 5.69 Å². The number of carbonyl (C=O) groups is 2. The highest BCUT2D eigenvalue weighted by molar-refractivity contribution is 5.95. The summed E-state index contributed by atoms with van der Waals surface area (Å²) in [6.45, 7) is 9.39. The number of hydrogen-bond acceptors (Lipinski definition) is 4. The first kappa shape index (κ1) is 19.4. The van der Waals surface area contributed by atoms with Crippen molar-refractivity contribution in [3.8, 4) is 0 Å². The van der Waals surface area contributed by atoms with E-state index in [1.54, 1.807) is 7.05 Å². The Balaban J connectivity index is 1.88. The van der Waals surface area contributed by atoms with Crippen LogP contribution in [0.2, 0.25) is 0 Å². The Bertz CT molecular complexity index is 592. The Kier molecular flexibility index (Phi) is 6.56. The highest BCUT2D eigenvalue weighted by Crippen LogP contribution is 2.15. The molecule has 6 heteroatoms. The maximum absolute atomic E-state index is 12.7. The summed E-state index contributed by atoms with van der Waals surface area (Å²) in [6, 6.07) is 7.31. The molecule has 0 saturated carbocycles. The van der Waals surface area contributed by atoms with Crippen LogP contribution in [0.25, 0.3) is 0 Å². The molecule has 25 heavy (non-hydrogen) atoms. The van der Waals surface area contributed by atoms with Crippen molar-refractivity contribution in [3.63, 3.8) is 0 Å². The van der Waals surface area contributed by atoms with Crippen molar-refractivity contribution in [2.75, 3.05) is 32.0 Å². The molecule has 138 valence electrons. The Morgan fingerprint density at radius 3 is 2.36 bits per heavy atom. The molecule has 1 aromatic rings. The lowest BCUT2D eigenvalue weighted by molar-refractivity contribution is -0.142. The number of hydrogen-bond donors (Lipinski definition) is 1. The summed E-state index contributed by atoms with van der Waals surface area (Å²) in [5.41, 5.74) is 1.87. The van der Waals surface area contributed by atoms with Gasteiger partial charge in [-0.2, -0.15) is 0 Å². The van der Waals surface area contributed by atoms with Crippen molar-refractivity contribution in [2.24, 2.45) is 0 Å². The highest BCUT2D eigenvalue weighted by atomic mass is 16.5. The Morgan fingerprint density at radius 1 is 1.24 bits per heavy atom. The van der Waals surface area contributed by atoms with Gasteiger partial charge in [0.1, 0.15) is 0 Å². The SMILES string of the molecule is Cc1ccc(NC(=O)CN(C)C(=O)[C@H](C)N2C[C@@H](C)O[C@H](C)C2)cc1. The molecule has 1 aliphatic heterocycles. The van der Waals surface area contributed by atoms with E-state index in [-0.39, 0.29) is 36.6 Å². The second kappa shape index (κ2) is 8.45. The first-order chi connectivity index (χ1) is 11.8. The number of amides is 2. The maximum atomic E-state index is 12.7. The fraction of sp³-hybridized carbons (Fsp3) is 0.579. The quantitative estimate of drug-likeness (QED) is 0.884. The second-order valence-corrected chi connectivity index (χ2v) is 7.00. The lowest BCUT2D eigenvalue weighted by atomic mass is 10.1. The Hall–Kier alpha value is -1.92. The van der Waals surface area contributed by atoms with Gasteiger partial charge in [-0.25, -0.2) is 0 Å². The predicted octanol–water partition coefficient (Wildman–Crippen LogP) is 1.89. The molecular formula is C19H29N3O3. The van der Waals surface area contributed by atoms with Gasteiger partial charge in [-0.1, -0.05) is 17.7 Å². The molecule has 2 amide bonds. The number of aryl methyl sites for hydroxylation is 1. The van der Waals surface area contributed by atoms with E-state index in [4.69, 9.17) is 4.74 Å². The molecule has 1 aromatic carbocycles. The minimum absolute atomic E-state index is 0.0342. The normalized spacial score (nSPS) is 22.3. The number of anilines is 1. The first-order valence-corrected chi connectivity index (χ1v) is 8.77. The van der Waals surface area contributed by atoms with Crippen LogP contribution in [0, 0.1) is 6.92 Å². The van der Waals surface area contributed by atoms with Crippen molar-refractivity contribution in [2.45, 2.75) is 45.9 Å². The van der Waals surface area contributed by atoms with Crippen LogP contribution in [-0.2, 0) is 14.3 Å². The number of carbonyl (C=O) groups excluding carboxylic acids is 2. The van der Waals surface area contributed by atoms with Crippen LogP contribution < -0.4 is 5.32 Å². The van der Waals surface area contributed by atoms with Gasteiger partial charge in [0.2, 0.25) is 11.8 Å². The molecule has 0 radical (unpaired) electrons. The highest BCUT2D eigenvalue weighted by Gasteiger charge is 2.31. The van der Waals surface area contributed by atoms with E-state index in [2.05, 4.69) is 10.2 Å². The fourth-order valence-electron chi connectivity index (χ4n) is 3.14. The summed E-state index contributed by atoms with van der Waals surface area (Å²) >= 11 is 0. The Morgan fingerprint density at radius 2 is 1.80 bits per heavy atom. The third kappa shape index (κ3) is 5.54. The first-order valence-electron chi connectivity index (χ1n) is 8.77. The zero-order valence-corrected chi connectivity index (χ0v) is 15.8. The van der Waals surface area contributed by atoms with E-state index in [9.17, 15) is 9.59 Å². The third-order valence-electron chi connectivity index (χ3n) is 4.45. The molecule has 3 atom stereocenters. The maximum Gasteiger partial charge on any atom is 0.243 e. The van der Waals surface area contributed by atoms with Gasteiger partial charge in [0.05, 0.1) is 24.8 Å². The fourth-order valence-corrected chi connectivity index (χ4v) is 3.14. The predicted molar refractivity (Wildman–Crippen MR) is 98.5 cm³/mol. The molecule has 6 nitrogen and oxygen atoms in total. The van der Waals surface area contributed by atoms with Crippen LogP contribution in [0.5, 0.6) is 0 Å². The summed E-state index contributed by atoms with van der Waals surface area (Å²) in [5.74, 6) is -0.254. The molecule has 2 rings (SSSR count). The molecule has 1 aliphatic rings. The van der Waals surface area contributed by atoms with Crippen molar-refractivity contribution in [3.05, 3.63) is 29.8 Å². The van der Waals surface area contributed by atoms with Crippen LogP contribution in [0.15, 0.2) is 24.3 Å². The van der Waals surface area contributed by atoms with Gasteiger partial charge in [-0.05, 0) is 39.8 Å². The molecule has 0 aromatic heterocycles. The van der Waals surface area contributed by atoms with E-state index >= 15 is 0 Å². The average molecular weight is 347 g/mol. The molecule has 1 heterocycles. The standard InChI is InChI=1S/C19H29N3O3/c1-13-6-8-17(9-7-13)20-18(23)12-21(5)19(24)16(4)22-10-14(2)25-15(3)11-22/h6-9,14-16H,10-12H2,1-5H3,(H,20,23)/t14-,15-,16+/m1/s1. The molecule has 1 N–H and O–H groups in total. The van der Waals surface area contributed by atoms with Gasteiger partial charge in [-0.3, -0.25) is 14.5 Å². The lowest BCUT2D eigenvalue weighted by Crippen LogP contribution is -2.54. The summed E-state index contributed by atoms with van der Waals surface area (Å²) in [7, 11) is 1.67. The smallest absolute Gasteiger partial charge is 0.243 e. The summed E-state index contributed by atoms with van der Waals surface area (Å²) in [4.78, 5) is 28.4. The largest absolute Gasteiger partial charge is 0.373 e. The monoisotopic (exact) mass is 347 g/mol. The number of ether oxygens (including phenoxy) is 1. The third-order valence-corrected chi connectivity index (χ3v) is 4.45. The van der Waals surface area contributed by atoms with Crippen molar-refractivity contribution in [1.29, 1.82) is 0 Å². The minimum Gasteiger partial charge on any atom is -0.373 e. The molecule has 1 saturated heterocycles. The number of nitrogens with zero attached hydrogens (tertiary/aromatic N) is 2. The topological polar surface area (TPSA) is 61.9 Å². The van der Waals surface area contributed by atoms with E-state index < -0.39 is 0 Å². The lowest BCUT2D eigenvalue weighted by Gasteiger charge is -2.39. The zero-order chi connectivity index (χ0) is 18.6. The van der Waals surface area contributed by atoms with Gasteiger partial charge in [0.15, 0.2) is 0 Å². The van der Waals surface area contributed by atoms with Gasteiger partial charge in [-0.15, -0.1) is 0 Å². The molecule has 0 unspecified atom stereocenters. The summed E-state index contributed by atoms with van der Waals surface area (Å²) in [5, 5.41) is 2.82. The van der Waals surface area contributed by atoms with E-state index in [0.717, 1.165) is 24.3 Å². The minimum atomic E-state index is -0.272. The van der Waals surface area contributed by atoms with E-state index in [0.29, 0.717) is 0 Å². The van der Waals surface area contributed by atoms with Gasteiger partial charge >= 0.3 is 0 Å². The van der Waals surface area contributed by atoms with Gasteiger partial charge in [0.25, 0.3) is 0 Å².